The fourth-order valence-corrected chi connectivity index (χ4v) is 2.51. The van der Waals surface area contributed by atoms with Crippen LogP contribution >= 0.6 is 0 Å². The quantitative estimate of drug-likeness (QED) is 0.905. The summed E-state index contributed by atoms with van der Waals surface area (Å²) in [5.74, 6) is -0.716. The van der Waals surface area contributed by atoms with E-state index < -0.39 is 5.97 Å². The highest BCUT2D eigenvalue weighted by molar-refractivity contribution is 6.08. The van der Waals surface area contributed by atoms with Crippen molar-refractivity contribution in [3.05, 3.63) is 53.1 Å². The number of carbonyl (C=O) groups is 2. The van der Waals surface area contributed by atoms with E-state index in [1.54, 1.807) is 12.1 Å². The number of carboxylic acids is 1. The smallest absolute Gasteiger partial charge is 0.337 e. The Bertz CT molecular complexity index is 800. The molecule has 0 spiro atoms. The molecule has 1 amide bonds. The van der Waals surface area contributed by atoms with E-state index in [-0.39, 0.29) is 17.2 Å². The van der Waals surface area contributed by atoms with Crippen molar-refractivity contribution in [3.8, 4) is 11.5 Å². The summed E-state index contributed by atoms with van der Waals surface area (Å²) in [5, 5.41) is 12.1. The van der Waals surface area contributed by atoms with Gasteiger partial charge in [-0.25, -0.2) is 4.79 Å². The second kappa shape index (κ2) is 6.62. The summed E-state index contributed by atoms with van der Waals surface area (Å²) in [4.78, 5) is 24.0. The first-order valence-electron chi connectivity index (χ1n) is 7.60. The van der Waals surface area contributed by atoms with Gasteiger partial charge in [0.15, 0.2) is 11.5 Å². The third kappa shape index (κ3) is 3.17. The van der Waals surface area contributed by atoms with Crippen molar-refractivity contribution in [2.24, 2.45) is 0 Å². The maximum absolute atomic E-state index is 12.5. The molecular formula is C18H17NO5. The molecule has 0 saturated carbocycles. The first-order valence-corrected chi connectivity index (χ1v) is 7.60. The zero-order valence-corrected chi connectivity index (χ0v) is 13.2. The van der Waals surface area contributed by atoms with Gasteiger partial charge in [0, 0.05) is 24.1 Å². The highest BCUT2D eigenvalue weighted by atomic mass is 16.5. The molecule has 24 heavy (non-hydrogen) atoms. The maximum Gasteiger partial charge on any atom is 0.337 e. The fraction of sp³-hybridized carbons (Fsp3) is 0.222. The van der Waals surface area contributed by atoms with Gasteiger partial charge in [-0.3, -0.25) is 4.79 Å². The van der Waals surface area contributed by atoms with E-state index in [1.165, 1.54) is 12.1 Å². The molecule has 1 aliphatic rings. The lowest BCUT2D eigenvalue weighted by atomic mass is 10.1. The number of fused-ring (bicyclic) bond motifs is 1. The minimum Gasteiger partial charge on any atom is -0.490 e. The van der Waals surface area contributed by atoms with Crippen LogP contribution in [0.1, 0.15) is 32.7 Å². The van der Waals surface area contributed by atoms with Crippen LogP contribution in [0.2, 0.25) is 0 Å². The molecule has 6 heteroatoms. The number of hydrogen-bond donors (Lipinski definition) is 2. The monoisotopic (exact) mass is 327 g/mol. The van der Waals surface area contributed by atoms with E-state index in [1.807, 2.05) is 19.1 Å². The van der Waals surface area contributed by atoms with Crippen molar-refractivity contribution in [1.82, 2.24) is 0 Å². The fourth-order valence-electron chi connectivity index (χ4n) is 2.51. The summed E-state index contributed by atoms with van der Waals surface area (Å²) in [7, 11) is 0. The Morgan fingerprint density at radius 3 is 2.38 bits per heavy atom. The SMILES string of the molecule is Cc1ccccc1C(=O)Nc1cc2c(cc1C(=O)O)OCCCO2. The highest BCUT2D eigenvalue weighted by Gasteiger charge is 2.20. The highest BCUT2D eigenvalue weighted by Crippen LogP contribution is 2.35. The predicted molar refractivity (Wildman–Crippen MR) is 88.1 cm³/mol. The molecule has 0 bridgehead atoms. The van der Waals surface area contributed by atoms with E-state index in [9.17, 15) is 14.7 Å². The number of benzene rings is 2. The Morgan fingerprint density at radius 1 is 1.04 bits per heavy atom. The van der Waals surface area contributed by atoms with Gasteiger partial charge in [0.1, 0.15) is 0 Å². The van der Waals surface area contributed by atoms with Crippen LogP contribution in [-0.2, 0) is 0 Å². The van der Waals surface area contributed by atoms with Crippen LogP contribution in [0.3, 0.4) is 0 Å². The van der Waals surface area contributed by atoms with Gasteiger partial charge in [-0.15, -0.1) is 0 Å². The van der Waals surface area contributed by atoms with Crippen LogP contribution in [-0.4, -0.2) is 30.2 Å². The van der Waals surface area contributed by atoms with Crippen LogP contribution in [0.4, 0.5) is 5.69 Å². The Kier molecular flexibility index (Phi) is 4.37. The molecule has 0 unspecified atom stereocenters. The third-order valence-electron chi connectivity index (χ3n) is 3.76. The summed E-state index contributed by atoms with van der Waals surface area (Å²) < 4.78 is 11.1. The molecule has 0 aromatic heterocycles. The van der Waals surface area contributed by atoms with Crippen LogP contribution in [0, 0.1) is 6.92 Å². The summed E-state index contributed by atoms with van der Waals surface area (Å²) >= 11 is 0. The van der Waals surface area contributed by atoms with Gasteiger partial charge in [0.2, 0.25) is 0 Å². The van der Waals surface area contributed by atoms with Gasteiger partial charge in [-0.05, 0) is 18.6 Å². The van der Waals surface area contributed by atoms with Gasteiger partial charge < -0.3 is 19.9 Å². The van der Waals surface area contributed by atoms with Gasteiger partial charge in [-0.1, -0.05) is 18.2 Å². The predicted octanol–water partition coefficient (Wildman–Crippen LogP) is 3.11. The summed E-state index contributed by atoms with van der Waals surface area (Å²) in [6.07, 6.45) is 0.710. The van der Waals surface area contributed by atoms with Crippen LogP contribution in [0.5, 0.6) is 11.5 Å². The molecule has 0 radical (unpaired) electrons. The van der Waals surface area contributed by atoms with Crippen molar-refractivity contribution in [1.29, 1.82) is 0 Å². The molecule has 3 rings (SSSR count). The van der Waals surface area contributed by atoms with Gasteiger partial charge in [0.25, 0.3) is 5.91 Å². The molecule has 0 fully saturated rings. The average molecular weight is 327 g/mol. The number of aromatic carboxylic acids is 1. The lowest BCUT2D eigenvalue weighted by Crippen LogP contribution is -2.16. The Balaban J connectivity index is 1.97. The number of aryl methyl sites for hydroxylation is 1. The Morgan fingerprint density at radius 2 is 1.71 bits per heavy atom. The second-order valence-electron chi connectivity index (χ2n) is 5.47. The average Bonchev–Trinajstić information content (AvgIpc) is 2.79. The molecule has 0 aliphatic carbocycles. The zero-order chi connectivity index (χ0) is 17.1. The minimum absolute atomic E-state index is 0.0406. The van der Waals surface area contributed by atoms with Crippen molar-refractivity contribution < 1.29 is 24.2 Å². The Labute approximate surface area is 139 Å². The first-order chi connectivity index (χ1) is 11.6. The molecule has 2 N–H and O–H groups in total. The van der Waals surface area contributed by atoms with E-state index in [0.29, 0.717) is 36.7 Å². The molecule has 0 atom stereocenters. The largest absolute Gasteiger partial charge is 0.490 e. The molecular weight excluding hydrogens is 310 g/mol. The van der Waals surface area contributed by atoms with Crippen molar-refractivity contribution in [3.63, 3.8) is 0 Å². The van der Waals surface area contributed by atoms with E-state index in [0.717, 1.165) is 5.56 Å². The number of hydrogen-bond acceptors (Lipinski definition) is 4. The normalized spacial score (nSPS) is 13.0. The van der Waals surface area contributed by atoms with Crippen LogP contribution in [0.25, 0.3) is 0 Å². The number of amides is 1. The second-order valence-corrected chi connectivity index (χ2v) is 5.47. The summed E-state index contributed by atoms with van der Waals surface area (Å²) in [6, 6.07) is 9.99. The molecule has 0 saturated heterocycles. The minimum atomic E-state index is -1.15. The van der Waals surface area contributed by atoms with Gasteiger partial charge in [-0.2, -0.15) is 0 Å². The number of carboxylic acid groups (broad SMARTS) is 1. The van der Waals surface area contributed by atoms with Crippen molar-refractivity contribution >= 4 is 17.6 Å². The molecule has 2 aromatic carbocycles. The number of carbonyl (C=O) groups excluding carboxylic acids is 1. The van der Waals surface area contributed by atoms with E-state index in [4.69, 9.17) is 9.47 Å². The van der Waals surface area contributed by atoms with Crippen molar-refractivity contribution in [2.45, 2.75) is 13.3 Å². The summed E-state index contributed by atoms with van der Waals surface area (Å²) in [6.45, 7) is 2.76. The molecule has 2 aromatic rings. The van der Waals surface area contributed by atoms with Gasteiger partial charge in [0.05, 0.1) is 24.5 Å². The van der Waals surface area contributed by atoms with E-state index in [2.05, 4.69) is 5.32 Å². The van der Waals surface area contributed by atoms with Crippen molar-refractivity contribution in [2.75, 3.05) is 18.5 Å². The van der Waals surface area contributed by atoms with Crippen LogP contribution < -0.4 is 14.8 Å². The standard InChI is InChI=1S/C18H17NO5/c1-11-5-2-3-6-12(11)17(20)19-14-10-16-15(9-13(14)18(21)22)23-7-4-8-24-16/h2-3,5-6,9-10H,4,7-8H2,1H3,(H,19,20)(H,21,22). The summed E-state index contributed by atoms with van der Waals surface area (Å²) in [5.41, 5.74) is 1.43. The number of anilines is 1. The number of nitrogens with one attached hydrogen (secondary N) is 1. The Hall–Kier alpha value is -3.02. The maximum atomic E-state index is 12.5. The molecule has 6 nitrogen and oxygen atoms in total. The first kappa shape index (κ1) is 15.9. The lowest BCUT2D eigenvalue weighted by molar-refractivity contribution is 0.0697. The molecule has 1 aliphatic heterocycles. The molecule has 1 heterocycles. The van der Waals surface area contributed by atoms with Crippen LogP contribution in [0.15, 0.2) is 36.4 Å². The molecule has 124 valence electrons. The topological polar surface area (TPSA) is 84.9 Å². The number of ether oxygens (including phenoxy) is 2. The zero-order valence-electron chi connectivity index (χ0n) is 13.2. The third-order valence-corrected chi connectivity index (χ3v) is 3.76. The van der Waals surface area contributed by atoms with Gasteiger partial charge >= 0.3 is 5.97 Å². The number of rotatable bonds is 3. The van der Waals surface area contributed by atoms with E-state index >= 15 is 0 Å². The lowest BCUT2D eigenvalue weighted by Gasteiger charge is -2.14.